The lowest BCUT2D eigenvalue weighted by Crippen LogP contribution is -1.91. The molecule has 3 aromatic rings. The summed E-state index contributed by atoms with van der Waals surface area (Å²) in [4.78, 5) is 4.28. The summed E-state index contributed by atoms with van der Waals surface area (Å²) in [5.74, 6) is 1.42. The molecule has 1 N–H and O–H groups in total. The minimum Gasteiger partial charge on any atom is -0.508 e. The molecular weight excluding hydrogens is 330 g/mol. The minimum atomic E-state index is 0.198. The maximum Gasteiger partial charge on any atom is 0.227 e. The lowest BCUT2D eigenvalue weighted by molar-refractivity contribution is 0.464. The van der Waals surface area contributed by atoms with E-state index in [1.165, 1.54) is 0 Å². The van der Waals surface area contributed by atoms with Crippen molar-refractivity contribution in [2.45, 2.75) is 13.8 Å². The second-order valence-corrected chi connectivity index (χ2v) is 5.79. The maximum absolute atomic E-state index is 9.66. The molecule has 0 radical (unpaired) electrons. The number of aromatic nitrogens is 1. The number of nitrogens with zero attached hydrogens (tertiary/aromatic N) is 1. The van der Waals surface area contributed by atoms with E-state index in [0.717, 1.165) is 32.1 Å². The summed E-state index contributed by atoms with van der Waals surface area (Å²) in [5, 5.41) is 11.4. The van der Waals surface area contributed by atoms with Crippen LogP contribution in [0.15, 0.2) is 47.1 Å². The summed E-state index contributed by atoms with van der Waals surface area (Å²) in [6.45, 7) is 4.04. The SMILES string of the molecule is Cc1cc(Oc2nccc3ccc(O)cc23)cc(C)c1Br. The van der Waals surface area contributed by atoms with E-state index in [0.29, 0.717) is 5.88 Å². The van der Waals surface area contributed by atoms with Gasteiger partial charge in [0.05, 0.1) is 0 Å². The van der Waals surface area contributed by atoms with Crippen LogP contribution in [-0.2, 0) is 0 Å². The van der Waals surface area contributed by atoms with Crippen molar-refractivity contribution in [3.05, 3.63) is 58.2 Å². The van der Waals surface area contributed by atoms with Crippen molar-refractivity contribution in [1.82, 2.24) is 4.98 Å². The highest BCUT2D eigenvalue weighted by molar-refractivity contribution is 9.10. The van der Waals surface area contributed by atoms with Crippen LogP contribution in [0.3, 0.4) is 0 Å². The van der Waals surface area contributed by atoms with E-state index < -0.39 is 0 Å². The van der Waals surface area contributed by atoms with Crippen molar-refractivity contribution in [3.8, 4) is 17.4 Å². The average Bonchev–Trinajstić information content (AvgIpc) is 2.45. The van der Waals surface area contributed by atoms with Gasteiger partial charge in [-0.15, -0.1) is 0 Å². The normalized spacial score (nSPS) is 10.8. The predicted molar refractivity (Wildman–Crippen MR) is 87.1 cm³/mol. The fourth-order valence-electron chi connectivity index (χ4n) is 2.29. The maximum atomic E-state index is 9.66. The molecule has 0 atom stereocenters. The van der Waals surface area contributed by atoms with Crippen LogP contribution in [0.2, 0.25) is 0 Å². The van der Waals surface area contributed by atoms with Gasteiger partial charge in [-0.2, -0.15) is 0 Å². The second-order valence-electron chi connectivity index (χ2n) is 4.99. The summed E-state index contributed by atoms with van der Waals surface area (Å²) < 4.78 is 7.00. The van der Waals surface area contributed by atoms with E-state index in [2.05, 4.69) is 20.9 Å². The molecule has 0 unspecified atom stereocenters. The first-order valence-corrected chi connectivity index (χ1v) is 7.36. The van der Waals surface area contributed by atoms with Crippen molar-refractivity contribution < 1.29 is 9.84 Å². The molecule has 0 bridgehead atoms. The van der Waals surface area contributed by atoms with Crippen LogP contribution in [0.1, 0.15) is 11.1 Å². The number of aryl methyl sites for hydroxylation is 2. The number of ether oxygens (including phenoxy) is 1. The molecule has 0 aliphatic rings. The third-order valence-electron chi connectivity index (χ3n) is 3.34. The van der Waals surface area contributed by atoms with E-state index in [1.807, 2.05) is 38.1 Å². The number of pyridine rings is 1. The molecule has 0 aliphatic carbocycles. The molecule has 0 amide bonds. The molecule has 3 rings (SSSR count). The zero-order valence-electron chi connectivity index (χ0n) is 11.7. The smallest absolute Gasteiger partial charge is 0.227 e. The van der Waals surface area contributed by atoms with Crippen LogP contribution >= 0.6 is 15.9 Å². The molecule has 0 aliphatic heterocycles. The number of phenolic OH excluding ortho intramolecular Hbond substituents is 1. The third-order valence-corrected chi connectivity index (χ3v) is 4.59. The first kappa shape index (κ1) is 13.9. The largest absolute Gasteiger partial charge is 0.508 e. The van der Waals surface area contributed by atoms with Gasteiger partial charge in [-0.25, -0.2) is 4.98 Å². The molecular formula is C17H14BrNO2. The number of aromatic hydroxyl groups is 1. The standard InChI is InChI=1S/C17H14BrNO2/c1-10-7-14(8-11(2)16(10)18)21-17-15-9-13(20)4-3-12(15)5-6-19-17/h3-9,20H,1-2H3. The monoisotopic (exact) mass is 343 g/mol. The van der Waals surface area contributed by atoms with Gasteiger partial charge >= 0.3 is 0 Å². The summed E-state index contributed by atoms with van der Waals surface area (Å²) in [5.41, 5.74) is 2.21. The molecule has 4 heteroatoms. The predicted octanol–water partition coefficient (Wildman–Crippen LogP) is 5.11. The van der Waals surface area contributed by atoms with Gasteiger partial charge in [0, 0.05) is 16.1 Å². The quantitative estimate of drug-likeness (QED) is 0.702. The molecule has 0 fully saturated rings. The number of benzene rings is 2. The van der Waals surface area contributed by atoms with Crippen molar-refractivity contribution >= 4 is 26.7 Å². The van der Waals surface area contributed by atoms with Crippen molar-refractivity contribution in [2.24, 2.45) is 0 Å². The van der Waals surface area contributed by atoms with E-state index in [9.17, 15) is 5.11 Å². The molecule has 2 aromatic carbocycles. The van der Waals surface area contributed by atoms with Gasteiger partial charge in [0.25, 0.3) is 0 Å². The molecule has 3 nitrogen and oxygen atoms in total. The molecule has 1 heterocycles. The van der Waals surface area contributed by atoms with E-state index >= 15 is 0 Å². The Morgan fingerprint density at radius 3 is 2.48 bits per heavy atom. The lowest BCUT2D eigenvalue weighted by atomic mass is 10.1. The second kappa shape index (κ2) is 5.37. The van der Waals surface area contributed by atoms with Crippen molar-refractivity contribution in [2.75, 3.05) is 0 Å². The Labute approximate surface area is 131 Å². The first-order chi connectivity index (χ1) is 10.0. The molecule has 106 valence electrons. The van der Waals surface area contributed by atoms with Gasteiger partial charge in [-0.05, 0) is 60.7 Å². The van der Waals surface area contributed by atoms with Crippen LogP contribution in [0.5, 0.6) is 17.4 Å². The fraction of sp³-hybridized carbons (Fsp3) is 0.118. The number of rotatable bonds is 2. The first-order valence-electron chi connectivity index (χ1n) is 6.57. The number of halogens is 1. The van der Waals surface area contributed by atoms with Gasteiger partial charge in [-0.3, -0.25) is 0 Å². The van der Waals surface area contributed by atoms with Gasteiger partial charge in [0.15, 0.2) is 0 Å². The minimum absolute atomic E-state index is 0.198. The van der Waals surface area contributed by atoms with Crippen molar-refractivity contribution in [3.63, 3.8) is 0 Å². The number of hydrogen-bond donors (Lipinski definition) is 1. The molecule has 0 spiro atoms. The summed E-state index contributed by atoms with van der Waals surface area (Å²) in [6, 6.07) is 11.0. The van der Waals surface area contributed by atoms with Crippen LogP contribution in [0.4, 0.5) is 0 Å². The van der Waals surface area contributed by atoms with Crippen LogP contribution < -0.4 is 4.74 Å². The Balaban J connectivity index is 2.08. The highest BCUT2D eigenvalue weighted by atomic mass is 79.9. The van der Waals surface area contributed by atoms with E-state index in [-0.39, 0.29) is 5.75 Å². The Kier molecular flexibility index (Phi) is 3.55. The van der Waals surface area contributed by atoms with Crippen LogP contribution in [0.25, 0.3) is 10.8 Å². The Morgan fingerprint density at radius 2 is 1.76 bits per heavy atom. The highest BCUT2D eigenvalue weighted by Gasteiger charge is 2.08. The number of phenols is 1. The highest BCUT2D eigenvalue weighted by Crippen LogP contribution is 2.33. The van der Waals surface area contributed by atoms with Gasteiger partial charge < -0.3 is 9.84 Å². The summed E-state index contributed by atoms with van der Waals surface area (Å²) in [6.07, 6.45) is 1.70. The van der Waals surface area contributed by atoms with Crippen molar-refractivity contribution in [1.29, 1.82) is 0 Å². The Bertz CT molecular complexity index is 807. The van der Waals surface area contributed by atoms with E-state index in [1.54, 1.807) is 18.3 Å². The van der Waals surface area contributed by atoms with Crippen LogP contribution in [0, 0.1) is 13.8 Å². The van der Waals surface area contributed by atoms with Gasteiger partial charge in [0.1, 0.15) is 11.5 Å². The average molecular weight is 344 g/mol. The zero-order chi connectivity index (χ0) is 15.0. The molecule has 0 saturated carbocycles. The molecule has 21 heavy (non-hydrogen) atoms. The van der Waals surface area contributed by atoms with E-state index in [4.69, 9.17) is 4.74 Å². The molecule has 0 saturated heterocycles. The lowest BCUT2D eigenvalue weighted by Gasteiger charge is -2.11. The third kappa shape index (κ3) is 2.72. The Morgan fingerprint density at radius 1 is 1.05 bits per heavy atom. The summed E-state index contributed by atoms with van der Waals surface area (Å²) in [7, 11) is 0. The Hall–Kier alpha value is -2.07. The number of fused-ring (bicyclic) bond motifs is 1. The topological polar surface area (TPSA) is 42.4 Å². The van der Waals surface area contributed by atoms with Gasteiger partial charge in [-0.1, -0.05) is 22.0 Å². The van der Waals surface area contributed by atoms with Crippen LogP contribution in [-0.4, -0.2) is 10.1 Å². The summed E-state index contributed by atoms with van der Waals surface area (Å²) >= 11 is 3.54. The number of hydrogen-bond acceptors (Lipinski definition) is 3. The fourth-order valence-corrected chi connectivity index (χ4v) is 2.52. The molecule has 1 aromatic heterocycles. The zero-order valence-corrected chi connectivity index (χ0v) is 13.3. The van der Waals surface area contributed by atoms with Gasteiger partial charge in [0.2, 0.25) is 5.88 Å².